The third-order valence-corrected chi connectivity index (χ3v) is 4.99. The van der Waals surface area contributed by atoms with Crippen molar-refractivity contribution in [2.24, 2.45) is 4.99 Å². The van der Waals surface area contributed by atoms with Crippen LogP contribution in [0.25, 0.3) is 11.3 Å². The molecule has 0 fully saturated rings. The van der Waals surface area contributed by atoms with Gasteiger partial charge in [0, 0.05) is 36.0 Å². The fourth-order valence-corrected chi connectivity index (χ4v) is 3.23. The van der Waals surface area contributed by atoms with E-state index in [4.69, 9.17) is 16.6 Å². The van der Waals surface area contributed by atoms with Gasteiger partial charge in [0.05, 0.1) is 22.7 Å². The second kappa shape index (κ2) is 8.28. The van der Waals surface area contributed by atoms with Crippen LogP contribution in [0.3, 0.4) is 0 Å². The van der Waals surface area contributed by atoms with E-state index in [-0.39, 0.29) is 0 Å². The number of thiazole rings is 1. The average Bonchev–Trinajstić information content (AvgIpc) is 3.10. The van der Waals surface area contributed by atoms with E-state index < -0.39 is 0 Å². The van der Waals surface area contributed by atoms with Gasteiger partial charge < -0.3 is 4.90 Å². The predicted octanol–water partition coefficient (Wildman–Crippen LogP) is 5.67. The van der Waals surface area contributed by atoms with E-state index >= 15 is 0 Å². The van der Waals surface area contributed by atoms with Crippen molar-refractivity contribution in [3.05, 3.63) is 69.5 Å². The van der Waals surface area contributed by atoms with Crippen LogP contribution >= 0.6 is 22.9 Å². The van der Waals surface area contributed by atoms with E-state index in [1.165, 1.54) is 5.56 Å². The summed E-state index contributed by atoms with van der Waals surface area (Å²) in [4.78, 5) is 11.2. The molecule has 0 radical (unpaired) electrons. The van der Waals surface area contributed by atoms with Crippen molar-refractivity contribution in [2.75, 3.05) is 13.6 Å². The third-order valence-electron chi connectivity index (χ3n) is 3.89. The molecule has 1 heterocycles. The Labute approximate surface area is 157 Å². The van der Waals surface area contributed by atoms with Crippen molar-refractivity contribution >= 4 is 35.0 Å². The van der Waals surface area contributed by atoms with Crippen molar-refractivity contribution in [3.8, 4) is 11.3 Å². The Morgan fingerprint density at radius 1 is 1.12 bits per heavy atom. The average molecular weight is 370 g/mol. The van der Waals surface area contributed by atoms with E-state index in [1.54, 1.807) is 11.3 Å². The minimum Gasteiger partial charge on any atom is -0.366 e. The summed E-state index contributed by atoms with van der Waals surface area (Å²) in [5, 5.41) is 3.94. The zero-order chi connectivity index (χ0) is 17.6. The quantitative estimate of drug-likeness (QED) is 0.414. The van der Waals surface area contributed by atoms with E-state index in [1.807, 2.05) is 54.7 Å². The summed E-state index contributed by atoms with van der Waals surface area (Å²) in [6.45, 7) is 3.04. The van der Waals surface area contributed by atoms with Crippen molar-refractivity contribution in [1.82, 2.24) is 9.88 Å². The topological polar surface area (TPSA) is 28.5 Å². The smallest absolute Gasteiger partial charge is 0.0976 e. The van der Waals surface area contributed by atoms with Gasteiger partial charge in [0.15, 0.2) is 0 Å². The number of hydrogen-bond acceptors (Lipinski definition) is 3. The summed E-state index contributed by atoms with van der Waals surface area (Å²) in [6.07, 6.45) is 2.69. The first kappa shape index (κ1) is 17.6. The number of halogens is 1. The van der Waals surface area contributed by atoms with Gasteiger partial charge in [0.25, 0.3) is 0 Å². The number of aliphatic imine (C=N–C) groups is 1. The number of hydrogen-bond donors (Lipinski definition) is 0. The van der Waals surface area contributed by atoms with Crippen molar-refractivity contribution in [3.63, 3.8) is 0 Å². The molecule has 1 aromatic heterocycles. The van der Waals surface area contributed by atoms with E-state index in [9.17, 15) is 0 Å². The lowest BCUT2D eigenvalue weighted by atomic mass is 10.1. The van der Waals surface area contributed by atoms with Gasteiger partial charge in [-0.2, -0.15) is 0 Å². The van der Waals surface area contributed by atoms with Gasteiger partial charge in [-0.1, -0.05) is 35.9 Å². The monoisotopic (exact) mass is 369 g/mol. The van der Waals surface area contributed by atoms with Gasteiger partial charge in [-0.15, -0.1) is 11.3 Å². The van der Waals surface area contributed by atoms with Crippen LogP contribution in [0.4, 0.5) is 5.69 Å². The van der Waals surface area contributed by atoms with Gasteiger partial charge in [0.1, 0.15) is 0 Å². The molecule has 0 amide bonds. The van der Waals surface area contributed by atoms with E-state index in [0.717, 1.165) is 39.9 Å². The molecular weight excluding hydrogens is 350 g/mol. The summed E-state index contributed by atoms with van der Waals surface area (Å²) in [5.41, 5.74) is 4.29. The van der Waals surface area contributed by atoms with E-state index in [0.29, 0.717) is 0 Å². The molecule has 0 unspecified atom stereocenters. The molecule has 0 aliphatic carbocycles. The standard InChI is InChI=1S/C20H20ClN3S/c1-3-24(2)14-22-18-10-4-15(5-11-18)12-20-23-19(13-25-20)16-6-8-17(21)9-7-16/h4-11,13-14H,3,12H2,1-2H3. The number of benzene rings is 2. The van der Waals surface area contributed by atoms with Crippen LogP contribution in [0.15, 0.2) is 58.9 Å². The summed E-state index contributed by atoms with van der Waals surface area (Å²) >= 11 is 7.63. The minimum absolute atomic E-state index is 0.743. The minimum atomic E-state index is 0.743. The van der Waals surface area contributed by atoms with Crippen LogP contribution in [-0.4, -0.2) is 29.8 Å². The molecule has 25 heavy (non-hydrogen) atoms. The zero-order valence-electron chi connectivity index (χ0n) is 14.3. The Morgan fingerprint density at radius 2 is 1.84 bits per heavy atom. The maximum Gasteiger partial charge on any atom is 0.0976 e. The highest BCUT2D eigenvalue weighted by atomic mass is 35.5. The Hall–Kier alpha value is -2.17. The summed E-state index contributed by atoms with van der Waals surface area (Å²) in [7, 11) is 2.01. The Morgan fingerprint density at radius 3 is 2.52 bits per heavy atom. The Kier molecular flexibility index (Phi) is 5.84. The molecule has 0 saturated carbocycles. The largest absolute Gasteiger partial charge is 0.366 e. The molecule has 2 aromatic carbocycles. The lowest BCUT2D eigenvalue weighted by Crippen LogP contribution is -2.14. The molecule has 0 N–H and O–H groups in total. The summed E-state index contributed by atoms with van der Waals surface area (Å²) in [5.74, 6) is 0. The SMILES string of the molecule is CCN(C)C=Nc1ccc(Cc2nc(-c3ccc(Cl)cc3)cs2)cc1. The van der Waals surface area contributed by atoms with Crippen LogP contribution in [-0.2, 0) is 6.42 Å². The lowest BCUT2D eigenvalue weighted by molar-refractivity contribution is 0.552. The van der Waals surface area contributed by atoms with Crippen molar-refractivity contribution in [2.45, 2.75) is 13.3 Å². The first-order chi connectivity index (χ1) is 12.1. The molecule has 0 aliphatic rings. The normalized spacial score (nSPS) is 11.2. The highest BCUT2D eigenvalue weighted by molar-refractivity contribution is 7.10. The van der Waals surface area contributed by atoms with Crippen LogP contribution in [0.1, 0.15) is 17.5 Å². The van der Waals surface area contributed by atoms with Gasteiger partial charge in [0.2, 0.25) is 0 Å². The van der Waals surface area contributed by atoms with Crippen LogP contribution in [0.2, 0.25) is 5.02 Å². The molecule has 0 saturated heterocycles. The molecule has 0 spiro atoms. The van der Waals surface area contributed by atoms with Crippen molar-refractivity contribution < 1.29 is 0 Å². The third kappa shape index (κ3) is 4.91. The summed E-state index contributed by atoms with van der Waals surface area (Å²) < 4.78 is 0. The number of aromatic nitrogens is 1. The first-order valence-corrected chi connectivity index (χ1v) is 9.43. The second-order valence-electron chi connectivity index (χ2n) is 5.79. The Balaban J connectivity index is 1.67. The highest BCUT2D eigenvalue weighted by Crippen LogP contribution is 2.25. The van der Waals surface area contributed by atoms with E-state index in [2.05, 4.69) is 29.4 Å². The molecular formula is C20H20ClN3S. The highest BCUT2D eigenvalue weighted by Gasteiger charge is 2.06. The van der Waals surface area contributed by atoms with Crippen LogP contribution in [0.5, 0.6) is 0 Å². The molecule has 3 aromatic rings. The molecule has 5 heteroatoms. The van der Waals surface area contributed by atoms with Gasteiger partial charge in [-0.05, 0) is 36.8 Å². The summed E-state index contributed by atoms with van der Waals surface area (Å²) in [6, 6.07) is 16.1. The number of rotatable bonds is 6. The molecule has 3 rings (SSSR count). The maximum absolute atomic E-state index is 5.94. The maximum atomic E-state index is 5.94. The van der Waals surface area contributed by atoms with Crippen LogP contribution in [0, 0.1) is 0 Å². The van der Waals surface area contributed by atoms with Gasteiger partial charge in [-0.3, -0.25) is 0 Å². The fourth-order valence-electron chi connectivity index (χ4n) is 2.27. The fraction of sp³-hybridized carbons (Fsp3) is 0.200. The molecule has 128 valence electrons. The number of nitrogens with zero attached hydrogens (tertiary/aromatic N) is 3. The first-order valence-electron chi connectivity index (χ1n) is 8.18. The molecule has 0 aliphatic heterocycles. The lowest BCUT2D eigenvalue weighted by Gasteiger charge is -2.07. The zero-order valence-corrected chi connectivity index (χ0v) is 15.9. The predicted molar refractivity (Wildman–Crippen MR) is 108 cm³/mol. The van der Waals surface area contributed by atoms with Gasteiger partial charge >= 0.3 is 0 Å². The van der Waals surface area contributed by atoms with Crippen molar-refractivity contribution in [1.29, 1.82) is 0 Å². The Bertz CT molecular complexity index is 838. The molecule has 0 atom stereocenters. The molecule has 3 nitrogen and oxygen atoms in total. The van der Waals surface area contributed by atoms with Crippen LogP contribution < -0.4 is 0 Å². The second-order valence-corrected chi connectivity index (χ2v) is 7.17. The van der Waals surface area contributed by atoms with Gasteiger partial charge in [-0.25, -0.2) is 9.98 Å². The molecule has 0 bridgehead atoms.